The third kappa shape index (κ3) is 5.07. The van der Waals surface area contributed by atoms with Crippen LogP contribution in [0.25, 0.3) is 10.8 Å². The number of carbonyl (C=O) groups excluding carboxylic acids is 1. The first kappa shape index (κ1) is 19.4. The van der Waals surface area contributed by atoms with E-state index in [9.17, 15) is 9.59 Å². The summed E-state index contributed by atoms with van der Waals surface area (Å²) in [4.78, 5) is 27.5. The van der Waals surface area contributed by atoms with E-state index in [0.29, 0.717) is 6.42 Å². The van der Waals surface area contributed by atoms with Gasteiger partial charge in [-0.3, -0.25) is 14.5 Å². The van der Waals surface area contributed by atoms with Crippen LogP contribution in [-0.2, 0) is 16.0 Å². The highest BCUT2D eigenvalue weighted by Gasteiger charge is 2.26. The van der Waals surface area contributed by atoms with E-state index in [1.807, 2.05) is 28.9 Å². The molecule has 0 saturated carbocycles. The molecule has 1 heterocycles. The standard InChI is InChI=1S/C22H28N2O3/c1-2-23(16-22(26)27)20-11-13-24(14-12-20)21(25)10-8-17-7-9-18-5-3-4-6-19(18)15-17/h3-7,9,15,20H,2,8,10-14,16H2,1H3,(H,26,27). The van der Waals surface area contributed by atoms with Gasteiger partial charge in [0.1, 0.15) is 0 Å². The Bertz CT molecular complexity index is 797. The highest BCUT2D eigenvalue weighted by molar-refractivity contribution is 5.83. The largest absolute Gasteiger partial charge is 0.480 e. The Morgan fingerprint density at radius 1 is 1.11 bits per heavy atom. The number of likely N-dealkylation sites (tertiary alicyclic amines) is 1. The number of hydrogen-bond acceptors (Lipinski definition) is 3. The minimum Gasteiger partial charge on any atom is -0.480 e. The smallest absolute Gasteiger partial charge is 0.317 e. The fraction of sp³-hybridized carbons (Fsp3) is 0.455. The molecule has 2 aromatic carbocycles. The zero-order chi connectivity index (χ0) is 19.2. The van der Waals surface area contributed by atoms with Crippen molar-refractivity contribution in [1.29, 1.82) is 0 Å². The number of aryl methyl sites for hydroxylation is 1. The minimum absolute atomic E-state index is 0.0804. The molecule has 0 aromatic heterocycles. The van der Waals surface area contributed by atoms with Crippen LogP contribution in [0.1, 0.15) is 31.7 Å². The zero-order valence-corrected chi connectivity index (χ0v) is 15.9. The number of rotatable bonds is 7. The van der Waals surface area contributed by atoms with Gasteiger partial charge in [0.05, 0.1) is 6.54 Å². The number of carboxylic acid groups (broad SMARTS) is 1. The summed E-state index contributed by atoms with van der Waals surface area (Å²) in [6, 6.07) is 14.9. The molecule has 1 aliphatic rings. The predicted molar refractivity (Wildman–Crippen MR) is 107 cm³/mol. The molecular formula is C22H28N2O3. The lowest BCUT2D eigenvalue weighted by atomic mass is 10.0. The van der Waals surface area contributed by atoms with E-state index in [0.717, 1.165) is 38.9 Å². The summed E-state index contributed by atoms with van der Waals surface area (Å²) in [5.41, 5.74) is 1.19. The Labute approximate surface area is 160 Å². The van der Waals surface area contributed by atoms with Gasteiger partial charge in [0.25, 0.3) is 0 Å². The average Bonchev–Trinajstić information content (AvgIpc) is 2.70. The molecule has 1 amide bonds. The van der Waals surface area contributed by atoms with Gasteiger partial charge in [0.15, 0.2) is 0 Å². The number of carboxylic acids is 1. The normalized spacial score (nSPS) is 15.4. The summed E-state index contributed by atoms with van der Waals surface area (Å²) in [5, 5.41) is 11.5. The third-order valence-electron chi connectivity index (χ3n) is 5.52. The molecule has 5 heteroatoms. The Balaban J connectivity index is 1.49. The number of likely N-dealkylation sites (N-methyl/N-ethyl adjacent to an activating group) is 1. The number of carbonyl (C=O) groups is 2. The molecule has 2 aromatic rings. The minimum atomic E-state index is -0.786. The Morgan fingerprint density at radius 3 is 2.48 bits per heavy atom. The predicted octanol–water partition coefficient (Wildman–Crippen LogP) is 3.17. The van der Waals surface area contributed by atoms with Crippen molar-refractivity contribution in [2.24, 2.45) is 0 Å². The second-order valence-corrected chi connectivity index (χ2v) is 7.25. The maximum Gasteiger partial charge on any atom is 0.317 e. The van der Waals surface area contributed by atoms with Crippen molar-refractivity contribution in [2.75, 3.05) is 26.2 Å². The number of amides is 1. The van der Waals surface area contributed by atoms with Crippen LogP contribution in [0.15, 0.2) is 42.5 Å². The first-order valence-corrected chi connectivity index (χ1v) is 9.78. The molecule has 0 spiro atoms. The van der Waals surface area contributed by atoms with Gasteiger partial charge in [-0.2, -0.15) is 0 Å². The number of aliphatic carboxylic acids is 1. The topological polar surface area (TPSA) is 60.9 Å². The van der Waals surface area contributed by atoms with Crippen molar-refractivity contribution >= 4 is 22.6 Å². The van der Waals surface area contributed by atoms with Gasteiger partial charge < -0.3 is 10.0 Å². The summed E-state index contributed by atoms with van der Waals surface area (Å²) in [6.45, 7) is 4.24. The SMILES string of the molecule is CCN(CC(=O)O)C1CCN(C(=O)CCc2ccc3ccccc3c2)CC1. The average molecular weight is 368 g/mol. The number of nitrogens with zero attached hydrogens (tertiary/aromatic N) is 2. The Kier molecular flexibility index (Phi) is 6.45. The van der Waals surface area contributed by atoms with Crippen LogP contribution in [0, 0.1) is 0 Å². The lowest BCUT2D eigenvalue weighted by Gasteiger charge is -2.37. The van der Waals surface area contributed by atoms with Gasteiger partial charge in [0, 0.05) is 25.6 Å². The molecule has 0 atom stereocenters. The van der Waals surface area contributed by atoms with Gasteiger partial charge in [-0.15, -0.1) is 0 Å². The Hall–Kier alpha value is -2.40. The summed E-state index contributed by atoms with van der Waals surface area (Å²) in [7, 11) is 0. The van der Waals surface area contributed by atoms with E-state index < -0.39 is 5.97 Å². The van der Waals surface area contributed by atoms with Gasteiger partial charge in [-0.05, 0) is 42.1 Å². The van der Waals surface area contributed by atoms with Crippen molar-refractivity contribution < 1.29 is 14.7 Å². The molecule has 144 valence electrons. The van der Waals surface area contributed by atoms with Crippen molar-refractivity contribution in [3.05, 3.63) is 48.0 Å². The summed E-state index contributed by atoms with van der Waals surface area (Å²) < 4.78 is 0. The maximum atomic E-state index is 12.6. The van der Waals surface area contributed by atoms with Gasteiger partial charge in [-0.1, -0.05) is 49.4 Å². The number of fused-ring (bicyclic) bond motifs is 1. The van der Waals surface area contributed by atoms with Crippen molar-refractivity contribution in [3.8, 4) is 0 Å². The van der Waals surface area contributed by atoms with E-state index in [1.165, 1.54) is 16.3 Å². The summed E-state index contributed by atoms with van der Waals surface area (Å²) in [5.74, 6) is -0.589. The highest BCUT2D eigenvalue weighted by atomic mass is 16.4. The second kappa shape index (κ2) is 9.00. The lowest BCUT2D eigenvalue weighted by Crippen LogP contribution is -2.48. The van der Waals surface area contributed by atoms with Crippen LogP contribution in [0.2, 0.25) is 0 Å². The van der Waals surface area contributed by atoms with Crippen LogP contribution < -0.4 is 0 Å². The van der Waals surface area contributed by atoms with Gasteiger partial charge in [-0.25, -0.2) is 0 Å². The van der Waals surface area contributed by atoms with Crippen LogP contribution in [-0.4, -0.2) is 59.0 Å². The van der Waals surface area contributed by atoms with Crippen LogP contribution in [0.4, 0.5) is 0 Å². The Morgan fingerprint density at radius 2 is 1.81 bits per heavy atom. The number of benzene rings is 2. The van der Waals surface area contributed by atoms with E-state index in [-0.39, 0.29) is 18.5 Å². The summed E-state index contributed by atoms with van der Waals surface area (Å²) >= 11 is 0. The second-order valence-electron chi connectivity index (χ2n) is 7.25. The monoisotopic (exact) mass is 368 g/mol. The molecule has 5 nitrogen and oxygen atoms in total. The molecule has 1 fully saturated rings. The first-order valence-electron chi connectivity index (χ1n) is 9.78. The van der Waals surface area contributed by atoms with Crippen molar-refractivity contribution in [3.63, 3.8) is 0 Å². The van der Waals surface area contributed by atoms with Crippen LogP contribution in [0.3, 0.4) is 0 Å². The molecule has 27 heavy (non-hydrogen) atoms. The molecule has 0 unspecified atom stereocenters. The van der Waals surface area contributed by atoms with E-state index in [4.69, 9.17) is 5.11 Å². The molecule has 1 N–H and O–H groups in total. The molecule has 1 saturated heterocycles. The van der Waals surface area contributed by atoms with Gasteiger partial charge in [0.2, 0.25) is 5.91 Å². The first-order chi connectivity index (χ1) is 13.1. The number of piperidine rings is 1. The molecule has 1 aliphatic heterocycles. The molecular weight excluding hydrogens is 340 g/mol. The lowest BCUT2D eigenvalue weighted by molar-refractivity contribution is -0.140. The third-order valence-corrected chi connectivity index (χ3v) is 5.52. The van der Waals surface area contributed by atoms with Crippen LogP contribution >= 0.6 is 0 Å². The van der Waals surface area contributed by atoms with E-state index in [2.05, 4.69) is 30.3 Å². The van der Waals surface area contributed by atoms with E-state index >= 15 is 0 Å². The fourth-order valence-electron chi connectivity index (χ4n) is 3.96. The molecule has 0 radical (unpaired) electrons. The molecule has 0 bridgehead atoms. The number of hydrogen-bond donors (Lipinski definition) is 1. The fourth-order valence-corrected chi connectivity index (χ4v) is 3.96. The van der Waals surface area contributed by atoms with Crippen molar-refractivity contribution in [1.82, 2.24) is 9.80 Å². The quantitative estimate of drug-likeness (QED) is 0.815. The zero-order valence-electron chi connectivity index (χ0n) is 15.9. The molecule has 0 aliphatic carbocycles. The summed E-state index contributed by atoms with van der Waals surface area (Å²) in [6.07, 6.45) is 2.98. The highest BCUT2D eigenvalue weighted by Crippen LogP contribution is 2.19. The molecule has 3 rings (SSSR count). The van der Waals surface area contributed by atoms with Crippen LogP contribution in [0.5, 0.6) is 0 Å². The van der Waals surface area contributed by atoms with E-state index in [1.54, 1.807) is 0 Å². The van der Waals surface area contributed by atoms with Crippen molar-refractivity contribution in [2.45, 2.75) is 38.6 Å². The maximum absolute atomic E-state index is 12.6. The van der Waals surface area contributed by atoms with Gasteiger partial charge >= 0.3 is 5.97 Å².